The molecule has 0 spiro atoms. The zero-order valence-electron chi connectivity index (χ0n) is 10.1. The summed E-state index contributed by atoms with van der Waals surface area (Å²) in [6, 6.07) is 3.44. The molecule has 1 aliphatic rings. The lowest BCUT2D eigenvalue weighted by Crippen LogP contribution is -2.18. The molecule has 1 aliphatic carbocycles. The second-order valence-electron chi connectivity index (χ2n) is 4.55. The molecule has 3 rings (SSSR count). The Hall–Kier alpha value is -1.87. The van der Waals surface area contributed by atoms with Gasteiger partial charge in [-0.1, -0.05) is 6.07 Å². The van der Waals surface area contributed by atoms with E-state index in [1.54, 1.807) is 0 Å². The maximum absolute atomic E-state index is 13.8. The van der Waals surface area contributed by atoms with Gasteiger partial charge in [-0.25, -0.2) is 22.3 Å². The first-order valence-electron chi connectivity index (χ1n) is 5.81. The Morgan fingerprint density at radius 3 is 2.55 bits per heavy atom. The summed E-state index contributed by atoms with van der Waals surface area (Å²) >= 11 is 0. The molecule has 1 aromatic heterocycles. The zero-order valence-corrected chi connectivity index (χ0v) is 10.9. The number of halogens is 2. The van der Waals surface area contributed by atoms with Crippen molar-refractivity contribution in [3.8, 4) is 11.4 Å². The molecule has 1 fully saturated rings. The molecule has 9 heteroatoms. The second kappa shape index (κ2) is 4.32. The predicted molar refractivity (Wildman–Crippen MR) is 65.0 cm³/mol. The number of sulfonamides is 1. The van der Waals surface area contributed by atoms with Crippen LogP contribution >= 0.6 is 0 Å². The van der Waals surface area contributed by atoms with Gasteiger partial charge in [0.1, 0.15) is 0 Å². The minimum absolute atomic E-state index is 0.0338. The van der Waals surface area contributed by atoms with Crippen LogP contribution in [0.3, 0.4) is 0 Å². The van der Waals surface area contributed by atoms with E-state index in [0.29, 0.717) is 12.8 Å². The molecule has 0 radical (unpaired) electrons. The van der Waals surface area contributed by atoms with Gasteiger partial charge in [0.15, 0.2) is 17.5 Å². The van der Waals surface area contributed by atoms with Gasteiger partial charge in [-0.2, -0.15) is 0 Å². The number of aromatic nitrogens is 3. The van der Waals surface area contributed by atoms with Crippen LogP contribution in [0.2, 0.25) is 0 Å². The van der Waals surface area contributed by atoms with Gasteiger partial charge in [0.25, 0.3) is 15.2 Å². The first kappa shape index (κ1) is 13.1. The Labute approximate surface area is 113 Å². The largest absolute Gasteiger partial charge is 0.294 e. The van der Waals surface area contributed by atoms with E-state index in [-0.39, 0.29) is 17.4 Å². The summed E-state index contributed by atoms with van der Waals surface area (Å²) in [6.45, 7) is 0. The molecule has 0 bridgehead atoms. The van der Waals surface area contributed by atoms with E-state index in [4.69, 9.17) is 5.14 Å². The molecule has 0 unspecified atom stereocenters. The maximum atomic E-state index is 13.8. The van der Waals surface area contributed by atoms with Crippen LogP contribution in [0.15, 0.2) is 23.4 Å². The van der Waals surface area contributed by atoms with Gasteiger partial charge in [0.05, 0.1) is 5.56 Å². The summed E-state index contributed by atoms with van der Waals surface area (Å²) in [5, 5.41) is 11.8. The number of hydrogen-bond acceptors (Lipinski definition) is 4. The molecular formula is C11H10F2N4O2S. The molecule has 1 aromatic carbocycles. The fraction of sp³-hybridized carbons (Fsp3) is 0.273. The van der Waals surface area contributed by atoms with Crippen LogP contribution < -0.4 is 5.14 Å². The Bertz CT molecular complexity index is 784. The molecule has 0 atom stereocenters. The molecule has 6 nitrogen and oxygen atoms in total. The first-order valence-corrected chi connectivity index (χ1v) is 7.36. The predicted octanol–water partition coefficient (Wildman–Crippen LogP) is 1.21. The van der Waals surface area contributed by atoms with Gasteiger partial charge < -0.3 is 0 Å². The lowest BCUT2D eigenvalue weighted by atomic mass is 10.2. The molecule has 2 N–H and O–H groups in total. The van der Waals surface area contributed by atoms with Gasteiger partial charge in [-0.05, 0) is 25.0 Å². The molecular weight excluding hydrogens is 290 g/mol. The summed E-state index contributed by atoms with van der Waals surface area (Å²) in [5.74, 6) is -2.17. The summed E-state index contributed by atoms with van der Waals surface area (Å²) in [7, 11) is -4.08. The fourth-order valence-corrected chi connectivity index (χ4v) is 2.66. The summed E-state index contributed by atoms with van der Waals surface area (Å²) in [6.07, 6.45) is 1.43. The smallest absolute Gasteiger partial charge is 0.273 e. The molecule has 106 valence electrons. The van der Waals surface area contributed by atoms with Crippen LogP contribution in [0, 0.1) is 11.6 Å². The Morgan fingerprint density at radius 2 is 1.95 bits per heavy atom. The van der Waals surface area contributed by atoms with Crippen LogP contribution in [0.4, 0.5) is 8.78 Å². The van der Waals surface area contributed by atoms with Crippen molar-refractivity contribution < 1.29 is 17.2 Å². The Kier molecular flexibility index (Phi) is 2.83. The minimum Gasteiger partial charge on any atom is -0.294 e. The third kappa shape index (κ3) is 2.08. The number of hydrogen-bond donors (Lipinski definition) is 1. The highest BCUT2D eigenvalue weighted by Crippen LogP contribution is 2.40. The molecule has 1 heterocycles. The van der Waals surface area contributed by atoms with Crippen LogP contribution in [-0.4, -0.2) is 23.2 Å². The van der Waals surface area contributed by atoms with E-state index in [0.717, 1.165) is 6.07 Å². The third-order valence-corrected chi connectivity index (χ3v) is 3.81. The van der Waals surface area contributed by atoms with E-state index in [9.17, 15) is 17.2 Å². The van der Waals surface area contributed by atoms with E-state index in [1.807, 2.05) is 0 Å². The lowest BCUT2D eigenvalue weighted by molar-refractivity contribution is 0.509. The quantitative estimate of drug-likeness (QED) is 0.922. The highest BCUT2D eigenvalue weighted by atomic mass is 32.2. The molecule has 20 heavy (non-hydrogen) atoms. The van der Waals surface area contributed by atoms with Crippen molar-refractivity contribution in [3.05, 3.63) is 29.8 Å². The topological polar surface area (TPSA) is 90.9 Å². The molecule has 2 aromatic rings. The number of rotatable bonds is 3. The minimum atomic E-state index is -4.08. The number of benzene rings is 1. The van der Waals surface area contributed by atoms with Crippen molar-refractivity contribution in [2.45, 2.75) is 24.0 Å². The summed E-state index contributed by atoms with van der Waals surface area (Å²) in [5.41, 5.74) is -0.140. The van der Waals surface area contributed by atoms with Gasteiger partial charge in [-0.15, -0.1) is 10.2 Å². The van der Waals surface area contributed by atoms with Crippen molar-refractivity contribution in [2.24, 2.45) is 5.14 Å². The third-order valence-electron chi connectivity index (χ3n) is 3.02. The number of nitrogens with zero attached hydrogens (tertiary/aromatic N) is 3. The van der Waals surface area contributed by atoms with Crippen molar-refractivity contribution in [2.75, 3.05) is 0 Å². The lowest BCUT2D eigenvalue weighted by Gasteiger charge is -2.08. The van der Waals surface area contributed by atoms with Crippen LogP contribution in [0.25, 0.3) is 11.4 Å². The van der Waals surface area contributed by atoms with Gasteiger partial charge in [-0.3, -0.25) is 4.57 Å². The van der Waals surface area contributed by atoms with Crippen molar-refractivity contribution in [1.29, 1.82) is 0 Å². The molecule has 1 saturated carbocycles. The fourth-order valence-electron chi connectivity index (χ4n) is 1.99. The van der Waals surface area contributed by atoms with Crippen LogP contribution in [-0.2, 0) is 10.0 Å². The number of nitrogens with two attached hydrogens (primary N) is 1. The summed E-state index contributed by atoms with van der Waals surface area (Å²) in [4.78, 5) is 0. The van der Waals surface area contributed by atoms with E-state index >= 15 is 0 Å². The highest BCUT2D eigenvalue weighted by molar-refractivity contribution is 7.89. The maximum Gasteiger partial charge on any atom is 0.273 e. The Morgan fingerprint density at radius 1 is 1.25 bits per heavy atom. The number of primary sulfonamides is 1. The van der Waals surface area contributed by atoms with E-state index in [1.165, 1.54) is 16.7 Å². The monoisotopic (exact) mass is 300 g/mol. The summed E-state index contributed by atoms with van der Waals surface area (Å²) < 4.78 is 51.3. The first-order chi connectivity index (χ1) is 9.39. The van der Waals surface area contributed by atoms with Gasteiger partial charge >= 0.3 is 0 Å². The molecule has 0 saturated heterocycles. The van der Waals surface area contributed by atoms with Crippen molar-refractivity contribution in [3.63, 3.8) is 0 Å². The zero-order chi connectivity index (χ0) is 14.5. The van der Waals surface area contributed by atoms with Crippen molar-refractivity contribution in [1.82, 2.24) is 14.8 Å². The van der Waals surface area contributed by atoms with Gasteiger partial charge in [0, 0.05) is 6.04 Å². The molecule has 0 amide bonds. The molecule has 0 aliphatic heterocycles. The second-order valence-corrected chi connectivity index (χ2v) is 6.01. The Balaban J connectivity index is 2.25. The highest BCUT2D eigenvalue weighted by Gasteiger charge is 2.34. The average molecular weight is 300 g/mol. The standard InChI is InChI=1S/C11H10F2N4O2S/c12-8-3-1-2-7(9(8)13)10-15-16-11(20(14,18)19)17(10)6-4-5-6/h1-3,6H,4-5H2,(H2,14,18,19). The van der Waals surface area contributed by atoms with Crippen LogP contribution in [0.1, 0.15) is 18.9 Å². The SMILES string of the molecule is NS(=O)(=O)c1nnc(-c2cccc(F)c2F)n1C1CC1. The van der Waals surface area contributed by atoms with Crippen LogP contribution in [0.5, 0.6) is 0 Å². The van der Waals surface area contributed by atoms with Crippen molar-refractivity contribution >= 4 is 10.0 Å². The average Bonchev–Trinajstić information content (AvgIpc) is 3.10. The van der Waals surface area contributed by atoms with E-state index < -0.39 is 26.8 Å². The van der Waals surface area contributed by atoms with Gasteiger partial charge in [0.2, 0.25) is 0 Å². The van der Waals surface area contributed by atoms with E-state index in [2.05, 4.69) is 10.2 Å². The normalized spacial score (nSPS) is 15.6.